The maximum atomic E-state index is 13.4. The van der Waals surface area contributed by atoms with E-state index in [9.17, 15) is 4.79 Å². The third-order valence-corrected chi connectivity index (χ3v) is 7.36. The molecule has 1 aromatic rings. The number of hydrogen-bond donors (Lipinski definition) is 1. The van der Waals surface area contributed by atoms with Crippen molar-refractivity contribution in [2.24, 2.45) is 11.8 Å². The Morgan fingerprint density at radius 1 is 0.966 bits per heavy atom. The number of hydrogen-bond acceptors (Lipinski definition) is 5. The fourth-order valence-corrected chi connectivity index (χ4v) is 5.36. The van der Waals surface area contributed by atoms with Gasteiger partial charge in [-0.15, -0.1) is 23.5 Å². The summed E-state index contributed by atoms with van der Waals surface area (Å²) in [5.74, 6) is 1.35. The fourth-order valence-electron chi connectivity index (χ4n) is 4.14. The third kappa shape index (κ3) is 6.74. The zero-order valence-corrected chi connectivity index (χ0v) is 20.6. The van der Waals surface area contributed by atoms with Crippen LogP contribution in [0.15, 0.2) is 21.2 Å². The topological polar surface area (TPSA) is 54.9 Å². The molecule has 29 heavy (non-hydrogen) atoms. The average molecular weight is 436 g/mol. The van der Waals surface area contributed by atoms with Crippen LogP contribution >= 0.6 is 23.5 Å². The molecule has 4 nitrogen and oxygen atoms in total. The first-order valence-corrected chi connectivity index (χ1v) is 13.3. The number of unbranched alkanes of at least 4 members (excludes halogenated alkanes) is 4. The number of nitrogens with zero attached hydrogens (tertiary/aromatic N) is 2. The standard InChI is InChI=1S/C23H37N3OS2/c1-7-8-9-10-11-12-18-13-15(2)16(3)14-19(18)21(27)26-20-22(28-5)24-17(4)25-23(20)29-6/h18-19H,7-14H2,1-6H3,(H,26,27). The minimum Gasteiger partial charge on any atom is -0.321 e. The predicted octanol–water partition coefficient (Wildman–Crippen LogP) is 6.89. The number of aromatic nitrogens is 2. The summed E-state index contributed by atoms with van der Waals surface area (Å²) in [7, 11) is 0. The van der Waals surface area contributed by atoms with E-state index in [1.165, 1.54) is 43.3 Å². The van der Waals surface area contributed by atoms with Crippen LogP contribution in [-0.2, 0) is 4.79 Å². The van der Waals surface area contributed by atoms with Gasteiger partial charge in [0, 0.05) is 5.92 Å². The molecule has 0 fully saturated rings. The number of thioether (sulfide) groups is 2. The van der Waals surface area contributed by atoms with Gasteiger partial charge in [-0.2, -0.15) is 0 Å². The van der Waals surface area contributed by atoms with Gasteiger partial charge in [-0.25, -0.2) is 9.97 Å². The SMILES string of the molecule is CCCCCCCC1CC(C)=C(C)CC1C(=O)Nc1c(SC)nc(C)nc1SC. The highest BCUT2D eigenvalue weighted by molar-refractivity contribution is 7.99. The number of rotatable bonds is 10. The molecule has 2 rings (SSSR count). The molecule has 162 valence electrons. The maximum Gasteiger partial charge on any atom is 0.228 e. The van der Waals surface area contributed by atoms with Crippen LogP contribution in [0.1, 0.15) is 78.0 Å². The lowest BCUT2D eigenvalue weighted by Crippen LogP contribution is -2.33. The molecule has 1 amide bonds. The molecule has 0 aromatic carbocycles. The Morgan fingerprint density at radius 2 is 1.55 bits per heavy atom. The molecule has 0 radical (unpaired) electrons. The molecule has 0 saturated heterocycles. The number of allylic oxidation sites excluding steroid dienone is 2. The van der Waals surface area contributed by atoms with E-state index in [2.05, 4.69) is 36.1 Å². The van der Waals surface area contributed by atoms with E-state index in [1.54, 1.807) is 23.5 Å². The van der Waals surface area contributed by atoms with E-state index in [1.807, 2.05) is 19.4 Å². The van der Waals surface area contributed by atoms with Crippen LogP contribution in [0.3, 0.4) is 0 Å². The van der Waals surface area contributed by atoms with Gasteiger partial charge in [0.1, 0.15) is 21.6 Å². The second kappa shape index (κ2) is 12.0. The molecule has 0 spiro atoms. The lowest BCUT2D eigenvalue weighted by Gasteiger charge is -2.32. The van der Waals surface area contributed by atoms with Crippen molar-refractivity contribution in [2.75, 3.05) is 17.8 Å². The van der Waals surface area contributed by atoms with Crippen molar-refractivity contribution in [3.8, 4) is 0 Å². The van der Waals surface area contributed by atoms with Gasteiger partial charge in [0.2, 0.25) is 5.91 Å². The Labute approximate surface area is 185 Å². The lowest BCUT2D eigenvalue weighted by molar-refractivity contribution is -0.121. The first-order chi connectivity index (χ1) is 13.9. The van der Waals surface area contributed by atoms with Gasteiger partial charge in [0.25, 0.3) is 0 Å². The molecule has 6 heteroatoms. The summed E-state index contributed by atoms with van der Waals surface area (Å²) < 4.78 is 0. The second-order valence-corrected chi connectivity index (χ2v) is 9.78. The van der Waals surface area contributed by atoms with Crippen LogP contribution in [0.2, 0.25) is 0 Å². The molecule has 0 saturated carbocycles. The highest BCUT2D eigenvalue weighted by Gasteiger charge is 2.33. The minimum absolute atomic E-state index is 0.0376. The number of anilines is 1. The summed E-state index contributed by atoms with van der Waals surface area (Å²) in [5.41, 5.74) is 3.63. The highest BCUT2D eigenvalue weighted by Crippen LogP contribution is 2.39. The number of carbonyl (C=O) groups is 1. The molecule has 1 aliphatic carbocycles. The van der Waals surface area contributed by atoms with Crippen LogP contribution < -0.4 is 5.32 Å². The van der Waals surface area contributed by atoms with Gasteiger partial charge in [-0.3, -0.25) is 4.79 Å². The van der Waals surface area contributed by atoms with Gasteiger partial charge in [0.15, 0.2) is 0 Å². The predicted molar refractivity (Wildman–Crippen MR) is 127 cm³/mol. The molecule has 0 aliphatic heterocycles. The molecular weight excluding hydrogens is 398 g/mol. The van der Waals surface area contributed by atoms with Crippen LogP contribution in [0.25, 0.3) is 0 Å². The summed E-state index contributed by atoms with van der Waals surface area (Å²) in [6.45, 7) is 8.57. The van der Waals surface area contributed by atoms with Gasteiger partial charge < -0.3 is 5.32 Å². The normalized spacial score (nSPS) is 19.5. The molecule has 2 atom stereocenters. The summed E-state index contributed by atoms with van der Waals surface area (Å²) in [6, 6.07) is 0. The Bertz CT molecular complexity index is 708. The maximum absolute atomic E-state index is 13.4. The van der Waals surface area contributed by atoms with Gasteiger partial charge in [-0.05, 0) is 58.5 Å². The van der Waals surface area contributed by atoms with Crippen molar-refractivity contribution in [2.45, 2.75) is 89.1 Å². The molecular formula is C23H37N3OS2. The van der Waals surface area contributed by atoms with E-state index in [0.717, 1.165) is 40.8 Å². The monoisotopic (exact) mass is 435 g/mol. The van der Waals surface area contributed by atoms with Gasteiger partial charge in [0.05, 0.1) is 0 Å². The van der Waals surface area contributed by atoms with Crippen LogP contribution in [-0.4, -0.2) is 28.4 Å². The molecule has 1 N–H and O–H groups in total. The van der Waals surface area contributed by atoms with E-state index in [0.29, 0.717) is 5.92 Å². The van der Waals surface area contributed by atoms with Crippen LogP contribution in [0.4, 0.5) is 5.69 Å². The van der Waals surface area contributed by atoms with Crippen LogP contribution in [0, 0.1) is 18.8 Å². The zero-order valence-electron chi connectivity index (χ0n) is 18.9. The summed E-state index contributed by atoms with van der Waals surface area (Å²) in [5, 5.41) is 4.93. The first kappa shape index (κ1) is 24.3. The number of amides is 1. The highest BCUT2D eigenvalue weighted by atomic mass is 32.2. The number of aryl methyl sites for hydroxylation is 1. The molecule has 1 heterocycles. The summed E-state index contributed by atoms with van der Waals surface area (Å²) >= 11 is 3.12. The Kier molecular flexibility index (Phi) is 10.0. The molecule has 1 aliphatic rings. The number of carbonyl (C=O) groups excluding carboxylic acids is 1. The van der Waals surface area contributed by atoms with Crippen LogP contribution in [0.5, 0.6) is 0 Å². The molecule has 2 unspecified atom stereocenters. The Balaban J connectivity index is 2.16. The van der Waals surface area contributed by atoms with Crippen molar-refractivity contribution in [3.05, 3.63) is 17.0 Å². The van der Waals surface area contributed by atoms with Crippen molar-refractivity contribution in [1.29, 1.82) is 0 Å². The van der Waals surface area contributed by atoms with Gasteiger partial charge in [-0.1, -0.05) is 50.2 Å². The largest absolute Gasteiger partial charge is 0.321 e. The number of nitrogens with one attached hydrogen (secondary N) is 1. The molecule has 0 bridgehead atoms. The Morgan fingerprint density at radius 3 is 2.14 bits per heavy atom. The fraction of sp³-hybridized carbons (Fsp3) is 0.696. The minimum atomic E-state index is 0.0376. The van der Waals surface area contributed by atoms with E-state index >= 15 is 0 Å². The average Bonchev–Trinajstić information content (AvgIpc) is 2.70. The van der Waals surface area contributed by atoms with Crippen molar-refractivity contribution in [3.63, 3.8) is 0 Å². The summed E-state index contributed by atoms with van der Waals surface area (Å²) in [4.78, 5) is 22.5. The second-order valence-electron chi connectivity index (χ2n) is 8.19. The smallest absolute Gasteiger partial charge is 0.228 e. The van der Waals surface area contributed by atoms with Gasteiger partial charge >= 0.3 is 0 Å². The van der Waals surface area contributed by atoms with E-state index in [-0.39, 0.29) is 11.8 Å². The van der Waals surface area contributed by atoms with E-state index in [4.69, 9.17) is 0 Å². The first-order valence-electron chi connectivity index (χ1n) is 10.8. The van der Waals surface area contributed by atoms with Crippen molar-refractivity contribution < 1.29 is 4.79 Å². The zero-order chi connectivity index (χ0) is 21.4. The Hall–Kier alpha value is -1.01. The summed E-state index contributed by atoms with van der Waals surface area (Å²) in [6.07, 6.45) is 13.4. The quantitative estimate of drug-likeness (QED) is 0.188. The lowest BCUT2D eigenvalue weighted by atomic mass is 9.74. The van der Waals surface area contributed by atoms with E-state index < -0.39 is 0 Å². The molecule has 1 aromatic heterocycles. The van der Waals surface area contributed by atoms with Crippen molar-refractivity contribution >= 4 is 35.1 Å². The third-order valence-electron chi connectivity index (χ3n) is 6.00. The van der Waals surface area contributed by atoms with Crippen molar-refractivity contribution in [1.82, 2.24) is 9.97 Å².